The maximum atomic E-state index is 12.6. The Morgan fingerprint density at radius 1 is 0.906 bits per heavy atom. The van der Waals surface area contributed by atoms with Crippen molar-refractivity contribution in [1.29, 1.82) is 0 Å². The van der Waals surface area contributed by atoms with E-state index in [4.69, 9.17) is 0 Å². The first-order chi connectivity index (χ1) is 15.4. The van der Waals surface area contributed by atoms with Crippen molar-refractivity contribution in [3.8, 4) is 10.6 Å². The van der Waals surface area contributed by atoms with Gasteiger partial charge in [0.2, 0.25) is 15.2 Å². The lowest BCUT2D eigenvalue weighted by Crippen LogP contribution is -2.29. The maximum Gasteiger partial charge on any atom is 0.257 e. The van der Waals surface area contributed by atoms with E-state index in [-0.39, 0.29) is 12.5 Å². The summed E-state index contributed by atoms with van der Waals surface area (Å²) in [6, 6.07) is 25.3. The Morgan fingerprint density at radius 3 is 2.16 bits per heavy atom. The van der Waals surface area contributed by atoms with Crippen LogP contribution >= 0.6 is 11.3 Å². The molecule has 1 heterocycles. The van der Waals surface area contributed by atoms with Gasteiger partial charge in [0.1, 0.15) is 5.01 Å². The third kappa shape index (κ3) is 5.19. The van der Waals surface area contributed by atoms with E-state index in [0.717, 1.165) is 16.1 Å². The second-order valence-corrected chi connectivity index (χ2v) is 9.92. The fraction of sp³-hybridized carbons (Fsp3) is 0.0870. The first kappa shape index (κ1) is 21.7. The van der Waals surface area contributed by atoms with Gasteiger partial charge in [-0.1, -0.05) is 72.0 Å². The average molecular weight is 465 g/mol. The molecular formula is C23H20N4O3S2. The van der Waals surface area contributed by atoms with Crippen LogP contribution in [0.25, 0.3) is 10.6 Å². The van der Waals surface area contributed by atoms with E-state index in [0.29, 0.717) is 16.4 Å². The van der Waals surface area contributed by atoms with Crippen molar-refractivity contribution >= 4 is 38.1 Å². The Balaban J connectivity index is 1.45. The third-order valence-corrected chi connectivity index (χ3v) is 6.68. The highest BCUT2D eigenvalue weighted by Crippen LogP contribution is 2.26. The van der Waals surface area contributed by atoms with Crippen molar-refractivity contribution in [3.63, 3.8) is 0 Å². The molecule has 9 heteroatoms. The molecule has 1 N–H and O–H groups in total. The molecule has 0 atom stereocenters. The summed E-state index contributed by atoms with van der Waals surface area (Å²) >= 11 is 1.29. The first-order valence-corrected chi connectivity index (χ1v) is 12.4. The topological polar surface area (TPSA) is 92.3 Å². The van der Waals surface area contributed by atoms with Gasteiger partial charge in [-0.05, 0) is 29.8 Å². The zero-order valence-corrected chi connectivity index (χ0v) is 18.8. The van der Waals surface area contributed by atoms with Gasteiger partial charge in [-0.2, -0.15) is 0 Å². The van der Waals surface area contributed by atoms with Gasteiger partial charge < -0.3 is 0 Å². The Bertz CT molecular complexity index is 1310. The van der Waals surface area contributed by atoms with E-state index in [1.54, 1.807) is 48.5 Å². The molecule has 0 radical (unpaired) electrons. The number of sulfonamides is 1. The minimum Gasteiger partial charge on any atom is -0.296 e. The van der Waals surface area contributed by atoms with Gasteiger partial charge in [0.05, 0.1) is 18.5 Å². The highest BCUT2D eigenvalue weighted by atomic mass is 32.2. The number of aromatic nitrogens is 2. The minimum atomic E-state index is -3.46. The number of amides is 1. The van der Waals surface area contributed by atoms with Crippen LogP contribution in [0.5, 0.6) is 0 Å². The summed E-state index contributed by atoms with van der Waals surface area (Å²) < 4.78 is 25.9. The van der Waals surface area contributed by atoms with Crippen LogP contribution in [0.3, 0.4) is 0 Å². The van der Waals surface area contributed by atoms with Gasteiger partial charge >= 0.3 is 0 Å². The molecule has 7 nitrogen and oxygen atoms in total. The second kappa shape index (κ2) is 9.29. The van der Waals surface area contributed by atoms with E-state index < -0.39 is 10.0 Å². The van der Waals surface area contributed by atoms with Crippen LogP contribution in [-0.2, 0) is 16.6 Å². The van der Waals surface area contributed by atoms with Crippen molar-refractivity contribution in [2.24, 2.45) is 0 Å². The van der Waals surface area contributed by atoms with Gasteiger partial charge in [0.15, 0.2) is 0 Å². The summed E-state index contributed by atoms with van der Waals surface area (Å²) in [5.41, 5.74) is 2.72. The average Bonchev–Trinajstić information content (AvgIpc) is 3.27. The number of para-hydroxylation sites is 1. The number of hydrogen-bond donors (Lipinski definition) is 1. The van der Waals surface area contributed by atoms with Crippen LogP contribution in [0.4, 0.5) is 10.8 Å². The van der Waals surface area contributed by atoms with Crippen molar-refractivity contribution in [1.82, 2.24) is 10.2 Å². The lowest BCUT2D eigenvalue weighted by molar-refractivity contribution is 0.102. The standard InChI is InChI=1S/C23H20N4O3S2/c1-32(29,30)27(20-10-6-3-7-11-20)16-17-12-14-18(15-13-17)21(28)24-23-26-25-22(31-23)19-8-4-2-5-9-19/h2-15H,16H2,1H3,(H,24,26,28). The predicted molar refractivity (Wildman–Crippen MR) is 127 cm³/mol. The van der Waals surface area contributed by atoms with Gasteiger partial charge in [0.25, 0.3) is 5.91 Å². The SMILES string of the molecule is CS(=O)(=O)N(Cc1ccc(C(=O)Nc2nnc(-c3ccccc3)s2)cc1)c1ccccc1. The van der Waals surface area contributed by atoms with E-state index in [9.17, 15) is 13.2 Å². The Labute approximate surface area is 190 Å². The summed E-state index contributed by atoms with van der Waals surface area (Å²) in [4.78, 5) is 12.6. The molecule has 1 amide bonds. The van der Waals surface area contributed by atoms with E-state index >= 15 is 0 Å². The molecule has 0 saturated carbocycles. The molecule has 0 saturated heterocycles. The quantitative estimate of drug-likeness (QED) is 0.437. The molecule has 162 valence electrons. The lowest BCUT2D eigenvalue weighted by Gasteiger charge is -2.22. The number of nitrogens with one attached hydrogen (secondary N) is 1. The largest absolute Gasteiger partial charge is 0.296 e. The zero-order valence-electron chi connectivity index (χ0n) is 17.2. The highest BCUT2D eigenvalue weighted by molar-refractivity contribution is 7.92. The summed E-state index contributed by atoms with van der Waals surface area (Å²) in [7, 11) is -3.46. The smallest absolute Gasteiger partial charge is 0.257 e. The normalized spacial score (nSPS) is 11.2. The van der Waals surface area contributed by atoms with Crippen LogP contribution in [0, 0.1) is 0 Å². The first-order valence-electron chi connectivity index (χ1n) is 9.72. The molecule has 0 unspecified atom stereocenters. The Morgan fingerprint density at radius 2 is 1.53 bits per heavy atom. The summed E-state index contributed by atoms with van der Waals surface area (Å²) in [6.07, 6.45) is 1.17. The number of carbonyl (C=O) groups is 1. The number of nitrogens with zero attached hydrogens (tertiary/aromatic N) is 3. The molecule has 0 aliphatic heterocycles. The fourth-order valence-corrected chi connectivity index (χ4v) is 4.69. The molecule has 0 spiro atoms. The number of rotatable bonds is 7. The molecule has 1 aromatic heterocycles. The van der Waals surface area contributed by atoms with Gasteiger partial charge in [-0.3, -0.25) is 14.4 Å². The number of anilines is 2. The number of carbonyl (C=O) groups excluding carboxylic acids is 1. The summed E-state index contributed by atoms with van der Waals surface area (Å²) in [5, 5.41) is 12.0. The Hall–Kier alpha value is -3.56. The van der Waals surface area contributed by atoms with Crippen molar-refractivity contribution in [2.75, 3.05) is 15.9 Å². The van der Waals surface area contributed by atoms with Crippen LogP contribution in [-0.4, -0.2) is 30.8 Å². The molecular weight excluding hydrogens is 444 g/mol. The second-order valence-electron chi connectivity index (χ2n) is 7.03. The number of benzene rings is 3. The van der Waals surface area contributed by atoms with Crippen LogP contribution in [0.15, 0.2) is 84.9 Å². The molecule has 0 bridgehead atoms. The molecule has 32 heavy (non-hydrogen) atoms. The summed E-state index contributed by atoms with van der Waals surface area (Å²) in [6.45, 7) is 0.168. The van der Waals surface area contributed by atoms with Crippen LogP contribution < -0.4 is 9.62 Å². The van der Waals surface area contributed by atoms with Crippen molar-refractivity contribution in [2.45, 2.75) is 6.54 Å². The minimum absolute atomic E-state index is 0.168. The van der Waals surface area contributed by atoms with Crippen LogP contribution in [0.2, 0.25) is 0 Å². The third-order valence-electron chi connectivity index (χ3n) is 4.65. The highest BCUT2D eigenvalue weighted by Gasteiger charge is 2.18. The monoisotopic (exact) mass is 464 g/mol. The number of hydrogen-bond acceptors (Lipinski definition) is 6. The van der Waals surface area contributed by atoms with Crippen molar-refractivity contribution in [3.05, 3.63) is 96.1 Å². The van der Waals surface area contributed by atoms with E-state index in [2.05, 4.69) is 15.5 Å². The van der Waals surface area contributed by atoms with Gasteiger partial charge in [0, 0.05) is 11.1 Å². The molecule has 0 aliphatic rings. The fourth-order valence-electron chi connectivity index (χ4n) is 3.06. The molecule has 0 aliphatic carbocycles. The van der Waals surface area contributed by atoms with Crippen molar-refractivity contribution < 1.29 is 13.2 Å². The maximum absolute atomic E-state index is 12.6. The van der Waals surface area contributed by atoms with Gasteiger partial charge in [-0.25, -0.2) is 8.42 Å². The zero-order chi connectivity index (χ0) is 22.6. The molecule has 4 aromatic rings. The van der Waals surface area contributed by atoms with E-state index in [1.165, 1.54) is 21.9 Å². The van der Waals surface area contributed by atoms with Gasteiger partial charge in [-0.15, -0.1) is 10.2 Å². The molecule has 4 rings (SSSR count). The summed E-state index contributed by atoms with van der Waals surface area (Å²) in [5.74, 6) is -0.310. The van der Waals surface area contributed by atoms with Crippen LogP contribution in [0.1, 0.15) is 15.9 Å². The predicted octanol–water partition coefficient (Wildman–Crippen LogP) is 4.42. The molecule has 3 aromatic carbocycles. The molecule has 0 fully saturated rings. The lowest BCUT2D eigenvalue weighted by atomic mass is 10.1. The Kier molecular flexibility index (Phi) is 6.29. The van der Waals surface area contributed by atoms with E-state index in [1.807, 2.05) is 36.4 Å².